The molecule has 0 aliphatic carbocycles. The van der Waals surface area contributed by atoms with Crippen LogP contribution >= 0.6 is 11.8 Å². The van der Waals surface area contributed by atoms with Gasteiger partial charge in [0.1, 0.15) is 0 Å². The van der Waals surface area contributed by atoms with Crippen molar-refractivity contribution in [1.29, 1.82) is 0 Å². The van der Waals surface area contributed by atoms with E-state index in [2.05, 4.69) is 32.7 Å². The van der Waals surface area contributed by atoms with Crippen LogP contribution in [0.3, 0.4) is 0 Å². The Balaban J connectivity index is 1.99. The summed E-state index contributed by atoms with van der Waals surface area (Å²) in [7, 11) is 0. The molecule has 2 rings (SSSR count). The first-order valence-corrected chi connectivity index (χ1v) is 9.14. The van der Waals surface area contributed by atoms with Gasteiger partial charge in [-0.25, -0.2) is 0 Å². The third-order valence-electron chi connectivity index (χ3n) is 3.25. The SMILES string of the molecule is CCCn1c(SCC(=O)NCC(=O)NCC)nnc1-c1ccncc1. The molecule has 0 fully saturated rings. The highest BCUT2D eigenvalue weighted by Gasteiger charge is 2.15. The van der Waals surface area contributed by atoms with Crippen molar-refractivity contribution in [2.75, 3.05) is 18.8 Å². The van der Waals surface area contributed by atoms with E-state index in [1.165, 1.54) is 11.8 Å². The zero-order valence-corrected chi connectivity index (χ0v) is 15.2. The Hall–Kier alpha value is -2.42. The molecule has 2 aromatic heterocycles. The van der Waals surface area contributed by atoms with Gasteiger partial charge in [0.2, 0.25) is 11.8 Å². The Morgan fingerprint density at radius 3 is 2.56 bits per heavy atom. The monoisotopic (exact) mass is 362 g/mol. The molecule has 0 aliphatic rings. The minimum atomic E-state index is -0.215. The number of nitrogens with one attached hydrogen (secondary N) is 2. The molecule has 9 heteroatoms. The van der Waals surface area contributed by atoms with Gasteiger partial charge < -0.3 is 15.2 Å². The highest BCUT2D eigenvalue weighted by molar-refractivity contribution is 7.99. The lowest BCUT2D eigenvalue weighted by molar-refractivity contribution is -0.124. The number of aromatic nitrogens is 4. The molecule has 2 N–H and O–H groups in total. The smallest absolute Gasteiger partial charge is 0.239 e. The minimum Gasteiger partial charge on any atom is -0.355 e. The highest BCUT2D eigenvalue weighted by atomic mass is 32.2. The van der Waals surface area contributed by atoms with Gasteiger partial charge >= 0.3 is 0 Å². The lowest BCUT2D eigenvalue weighted by atomic mass is 10.2. The molecule has 25 heavy (non-hydrogen) atoms. The van der Waals surface area contributed by atoms with Crippen molar-refractivity contribution < 1.29 is 9.59 Å². The van der Waals surface area contributed by atoms with E-state index in [1.54, 1.807) is 12.4 Å². The molecule has 0 spiro atoms. The van der Waals surface area contributed by atoms with Crippen LogP contribution < -0.4 is 10.6 Å². The van der Waals surface area contributed by atoms with E-state index in [4.69, 9.17) is 0 Å². The Kier molecular flexibility index (Phi) is 7.39. The molecular weight excluding hydrogens is 340 g/mol. The molecule has 0 aromatic carbocycles. The summed E-state index contributed by atoms with van der Waals surface area (Å²) in [6.45, 7) is 5.19. The fourth-order valence-electron chi connectivity index (χ4n) is 2.15. The fraction of sp³-hybridized carbons (Fsp3) is 0.438. The molecule has 2 aromatic rings. The van der Waals surface area contributed by atoms with Crippen LogP contribution in [0, 0.1) is 0 Å². The average Bonchev–Trinajstić information content (AvgIpc) is 3.02. The van der Waals surface area contributed by atoms with Gasteiger partial charge in [-0.15, -0.1) is 10.2 Å². The summed E-state index contributed by atoms with van der Waals surface area (Å²) in [5.41, 5.74) is 0.934. The fourth-order valence-corrected chi connectivity index (χ4v) is 2.95. The predicted molar refractivity (Wildman–Crippen MR) is 96.0 cm³/mol. The number of amides is 2. The van der Waals surface area contributed by atoms with E-state index in [-0.39, 0.29) is 24.1 Å². The second-order valence-electron chi connectivity index (χ2n) is 5.21. The van der Waals surface area contributed by atoms with Crippen molar-refractivity contribution in [3.8, 4) is 11.4 Å². The van der Waals surface area contributed by atoms with Crippen LogP contribution in [0.5, 0.6) is 0 Å². The molecule has 0 atom stereocenters. The van der Waals surface area contributed by atoms with Crippen LogP contribution in [0.2, 0.25) is 0 Å². The number of hydrogen-bond donors (Lipinski definition) is 2. The molecule has 0 bridgehead atoms. The summed E-state index contributed by atoms with van der Waals surface area (Å²) in [4.78, 5) is 27.3. The normalized spacial score (nSPS) is 10.5. The highest BCUT2D eigenvalue weighted by Crippen LogP contribution is 2.23. The lowest BCUT2D eigenvalue weighted by Gasteiger charge is -2.09. The molecule has 0 radical (unpaired) electrons. The van der Waals surface area contributed by atoms with E-state index < -0.39 is 0 Å². The molecule has 0 saturated carbocycles. The molecule has 8 nitrogen and oxygen atoms in total. The first-order valence-electron chi connectivity index (χ1n) is 8.15. The van der Waals surface area contributed by atoms with Gasteiger partial charge in [0.05, 0.1) is 12.3 Å². The number of thioether (sulfide) groups is 1. The van der Waals surface area contributed by atoms with Crippen molar-refractivity contribution in [3.63, 3.8) is 0 Å². The Morgan fingerprint density at radius 2 is 1.88 bits per heavy atom. The zero-order valence-electron chi connectivity index (χ0n) is 14.4. The standard InChI is InChI=1S/C16H22N6O2S/c1-3-9-22-15(12-5-7-17-8-6-12)20-21-16(22)25-11-14(24)19-10-13(23)18-4-2/h5-8H,3-4,9-11H2,1-2H3,(H,18,23)(H,19,24). The summed E-state index contributed by atoms with van der Waals surface area (Å²) < 4.78 is 2.00. The number of nitrogens with zero attached hydrogens (tertiary/aromatic N) is 4. The summed E-state index contributed by atoms with van der Waals surface area (Å²) >= 11 is 1.31. The van der Waals surface area contributed by atoms with Crippen molar-refractivity contribution in [1.82, 2.24) is 30.4 Å². The van der Waals surface area contributed by atoms with Gasteiger partial charge in [0.25, 0.3) is 0 Å². The van der Waals surface area contributed by atoms with Crippen molar-refractivity contribution in [2.45, 2.75) is 32.0 Å². The van der Waals surface area contributed by atoms with Crippen LogP contribution in [-0.4, -0.2) is 50.4 Å². The van der Waals surface area contributed by atoms with E-state index in [9.17, 15) is 9.59 Å². The summed E-state index contributed by atoms with van der Waals surface area (Å²) in [5.74, 6) is 0.523. The number of rotatable bonds is 9. The third-order valence-corrected chi connectivity index (χ3v) is 4.22. The Morgan fingerprint density at radius 1 is 1.12 bits per heavy atom. The maximum atomic E-state index is 11.9. The largest absolute Gasteiger partial charge is 0.355 e. The number of likely N-dealkylation sites (N-methyl/N-ethyl adjacent to an activating group) is 1. The van der Waals surface area contributed by atoms with E-state index in [1.807, 2.05) is 23.6 Å². The molecule has 134 valence electrons. The van der Waals surface area contributed by atoms with Crippen LogP contribution in [0.15, 0.2) is 29.7 Å². The topological polar surface area (TPSA) is 102 Å². The number of carbonyl (C=O) groups excluding carboxylic acids is 2. The second-order valence-corrected chi connectivity index (χ2v) is 6.16. The third kappa shape index (κ3) is 5.56. The molecule has 0 saturated heterocycles. The second kappa shape index (κ2) is 9.77. The summed E-state index contributed by atoms with van der Waals surface area (Å²) in [6.07, 6.45) is 4.34. The van der Waals surface area contributed by atoms with Gasteiger partial charge in [0, 0.05) is 31.0 Å². The van der Waals surface area contributed by atoms with Crippen LogP contribution in [0.4, 0.5) is 0 Å². The Bertz CT molecular complexity index is 704. The van der Waals surface area contributed by atoms with Gasteiger partial charge in [0.15, 0.2) is 11.0 Å². The van der Waals surface area contributed by atoms with Gasteiger partial charge in [-0.3, -0.25) is 14.6 Å². The maximum Gasteiger partial charge on any atom is 0.239 e. The van der Waals surface area contributed by atoms with Gasteiger partial charge in [-0.05, 0) is 25.5 Å². The van der Waals surface area contributed by atoms with Crippen molar-refractivity contribution >= 4 is 23.6 Å². The maximum absolute atomic E-state index is 11.9. The number of hydrogen-bond acceptors (Lipinski definition) is 6. The first-order chi connectivity index (χ1) is 12.2. The van der Waals surface area contributed by atoms with Crippen LogP contribution in [-0.2, 0) is 16.1 Å². The number of carbonyl (C=O) groups is 2. The first kappa shape index (κ1) is 18.9. The zero-order chi connectivity index (χ0) is 18.1. The van der Waals surface area contributed by atoms with Crippen molar-refractivity contribution in [2.24, 2.45) is 0 Å². The molecule has 0 aliphatic heterocycles. The van der Waals surface area contributed by atoms with Gasteiger partial charge in [-0.1, -0.05) is 18.7 Å². The minimum absolute atomic E-state index is 0.0167. The summed E-state index contributed by atoms with van der Waals surface area (Å²) in [6, 6.07) is 3.76. The van der Waals surface area contributed by atoms with E-state index >= 15 is 0 Å². The quantitative estimate of drug-likeness (QED) is 0.648. The van der Waals surface area contributed by atoms with Crippen LogP contribution in [0.1, 0.15) is 20.3 Å². The molecule has 2 amide bonds. The predicted octanol–water partition coefficient (Wildman–Crippen LogP) is 1.09. The van der Waals surface area contributed by atoms with Crippen LogP contribution in [0.25, 0.3) is 11.4 Å². The van der Waals surface area contributed by atoms with E-state index in [0.29, 0.717) is 11.7 Å². The van der Waals surface area contributed by atoms with Crippen molar-refractivity contribution in [3.05, 3.63) is 24.5 Å². The lowest BCUT2D eigenvalue weighted by Crippen LogP contribution is -2.37. The van der Waals surface area contributed by atoms with E-state index in [0.717, 1.165) is 24.4 Å². The molecule has 0 unspecified atom stereocenters. The Labute approximate surface area is 150 Å². The molecular formula is C16H22N6O2S. The summed E-state index contributed by atoms with van der Waals surface area (Å²) in [5, 5.41) is 14.4. The molecule has 2 heterocycles. The van der Waals surface area contributed by atoms with Gasteiger partial charge in [-0.2, -0.15) is 0 Å². The average molecular weight is 362 g/mol. The number of pyridine rings is 1.